The molecule has 2 aromatic rings. The number of amides is 2. The van der Waals surface area contributed by atoms with Gasteiger partial charge in [0.15, 0.2) is 0 Å². The maximum absolute atomic E-state index is 12.9. The maximum Gasteiger partial charge on any atom is 0.259 e. The fourth-order valence-electron chi connectivity index (χ4n) is 3.76. The number of para-hydroxylation sites is 1. The van der Waals surface area contributed by atoms with Crippen LogP contribution in [0.1, 0.15) is 41.1 Å². The van der Waals surface area contributed by atoms with E-state index < -0.39 is 0 Å². The molecule has 2 amide bonds. The summed E-state index contributed by atoms with van der Waals surface area (Å²) in [6.45, 7) is 2.26. The third-order valence-corrected chi connectivity index (χ3v) is 5.07. The van der Waals surface area contributed by atoms with Crippen LogP contribution in [0.3, 0.4) is 0 Å². The van der Waals surface area contributed by atoms with Crippen LogP contribution in [-0.4, -0.2) is 46.5 Å². The Kier molecular flexibility index (Phi) is 4.17. The van der Waals surface area contributed by atoms with Gasteiger partial charge in [0.25, 0.3) is 5.91 Å². The lowest BCUT2D eigenvalue weighted by Gasteiger charge is -2.20. The third kappa shape index (κ3) is 2.99. The monoisotopic (exact) mass is 336 g/mol. The van der Waals surface area contributed by atoms with Gasteiger partial charge in [-0.05, 0) is 30.5 Å². The van der Waals surface area contributed by atoms with Crippen LogP contribution in [0.5, 0.6) is 0 Å². The van der Waals surface area contributed by atoms with Crippen LogP contribution < -0.4 is 4.90 Å². The number of carbonyl (C=O) groups is 2. The van der Waals surface area contributed by atoms with Gasteiger partial charge in [0.05, 0.1) is 18.0 Å². The van der Waals surface area contributed by atoms with E-state index in [4.69, 9.17) is 0 Å². The summed E-state index contributed by atoms with van der Waals surface area (Å²) in [5, 5.41) is 7.54. The highest BCUT2D eigenvalue weighted by molar-refractivity contribution is 6.07. The zero-order valence-corrected chi connectivity index (χ0v) is 14.0. The van der Waals surface area contributed by atoms with Gasteiger partial charge < -0.3 is 9.80 Å². The number of aromatic nitrogens is 2. The van der Waals surface area contributed by atoms with Crippen molar-refractivity contribution in [3.63, 3.8) is 0 Å². The van der Waals surface area contributed by atoms with Gasteiger partial charge in [-0.3, -0.25) is 9.59 Å². The molecular formula is C19H20N4O2. The normalized spacial score (nSPS) is 19.4. The minimum absolute atomic E-state index is 0.0536. The molecule has 0 N–H and O–H groups in total. The molecular weight excluding hydrogens is 316 g/mol. The average molecular weight is 336 g/mol. The second kappa shape index (κ2) is 6.63. The number of hydrogen-bond donors (Lipinski definition) is 0. The minimum Gasteiger partial charge on any atom is -0.343 e. The van der Waals surface area contributed by atoms with Gasteiger partial charge in [-0.1, -0.05) is 18.2 Å². The van der Waals surface area contributed by atoms with Crippen LogP contribution in [0, 0.1) is 0 Å². The summed E-state index contributed by atoms with van der Waals surface area (Å²) in [6, 6.07) is 9.73. The van der Waals surface area contributed by atoms with E-state index in [-0.39, 0.29) is 17.7 Å². The number of rotatable bonds is 4. The van der Waals surface area contributed by atoms with Crippen molar-refractivity contribution >= 4 is 17.5 Å². The summed E-state index contributed by atoms with van der Waals surface area (Å²) in [6.07, 6.45) is 5.54. The van der Waals surface area contributed by atoms with E-state index in [2.05, 4.69) is 16.3 Å². The fraction of sp³-hybridized carbons (Fsp3) is 0.368. The standard InChI is InChI=1S/C19H20N4O2/c24-18-6-3-10-22(18)11-8-15-13-23(17-5-2-1-4-16(15)17)19(25)14-7-9-20-21-12-14/h1-2,4-5,7,9,12,15H,3,6,8,10-11,13H2. The van der Waals surface area contributed by atoms with Gasteiger partial charge in [-0.15, -0.1) is 0 Å². The molecule has 4 rings (SSSR count). The summed E-state index contributed by atoms with van der Waals surface area (Å²) < 4.78 is 0. The van der Waals surface area contributed by atoms with Crippen molar-refractivity contribution in [2.45, 2.75) is 25.2 Å². The highest BCUT2D eigenvalue weighted by Gasteiger charge is 2.33. The van der Waals surface area contributed by atoms with Crippen LogP contribution >= 0.6 is 0 Å². The fourth-order valence-corrected chi connectivity index (χ4v) is 3.76. The lowest BCUT2D eigenvalue weighted by Crippen LogP contribution is -2.31. The topological polar surface area (TPSA) is 66.4 Å². The van der Waals surface area contributed by atoms with Crippen molar-refractivity contribution in [3.8, 4) is 0 Å². The number of anilines is 1. The van der Waals surface area contributed by atoms with Crippen molar-refractivity contribution < 1.29 is 9.59 Å². The molecule has 0 aliphatic carbocycles. The Morgan fingerprint density at radius 2 is 2.08 bits per heavy atom. The van der Waals surface area contributed by atoms with Crippen molar-refractivity contribution in [1.29, 1.82) is 0 Å². The number of fused-ring (bicyclic) bond motifs is 1. The molecule has 128 valence electrons. The molecule has 0 radical (unpaired) electrons. The lowest BCUT2D eigenvalue weighted by molar-refractivity contribution is -0.127. The first-order valence-corrected chi connectivity index (χ1v) is 8.69. The van der Waals surface area contributed by atoms with E-state index in [1.165, 1.54) is 18.0 Å². The van der Waals surface area contributed by atoms with Crippen molar-refractivity contribution in [2.75, 3.05) is 24.5 Å². The largest absolute Gasteiger partial charge is 0.343 e. The summed E-state index contributed by atoms with van der Waals surface area (Å²) in [4.78, 5) is 28.5. The van der Waals surface area contributed by atoms with E-state index in [9.17, 15) is 9.59 Å². The molecule has 6 nitrogen and oxygen atoms in total. The second-order valence-corrected chi connectivity index (χ2v) is 6.58. The van der Waals surface area contributed by atoms with Gasteiger partial charge in [0.2, 0.25) is 5.91 Å². The van der Waals surface area contributed by atoms with E-state index in [1.807, 2.05) is 28.0 Å². The van der Waals surface area contributed by atoms with E-state index >= 15 is 0 Å². The van der Waals surface area contributed by atoms with Gasteiger partial charge in [0.1, 0.15) is 0 Å². The molecule has 1 unspecified atom stereocenters. The number of hydrogen-bond acceptors (Lipinski definition) is 4. The molecule has 0 spiro atoms. The smallest absolute Gasteiger partial charge is 0.259 e. The minimum atomic E-state index is -0.0536. The molecule has 0 bridgehead atoms. The van der Waals surface area contributed by atoms with Crippen LogP contribution in [0.15, 0.2) is 42.7 Å². The van der Waals surface area contributed by atoms with Crippen molar-refractivity contribution in [1.82, 2.24) is 15.1 Å². The highest BCUT2D eigenvalue weighted by Crippen LogP contribution is 2.38. The summed E-state index contributed by atoms with van der Waals surface area (Å²) in [5.41, 5.74) is 2.69. The summed E-state index contributed by atoms with van der Waals surface area (Å²) in [5.74, 6) is 0.451. The van der Waals surface area contributed by atoms with Crippen molar-refractivity contribution in [2.24, 2.45) is 0 Å². The van der Waals surface area contributed by atoms with Crippen LogP contribution in [0.2, 0.25) is 0 Å². The summed E-state index contributed by atoms with van der Waals surface area (Å²) in [7, 11) is 0. The first kappa shape index (κ1) is 15.7. The quantitative estimate of drug-likeness (QED) is 0.859. The molecule has 1 saturated heterocycles. The van der Waals surface area contributed by atoms with Gasteiger partial charge in [-0.25, -0.2) is 0 Å². The molecule has 2 aliphatic rings. The Balaban J connectivity index is 1.53. The van der Waals surface area contributed by atoms with Gasteiger partial charge >= 0.3 is 0 Å². The average Bonchev–Trinajstić information content (AvgIpc) is 3.23. The van der Waals surface area contributed by atoms with Crippen molar-refractivity contribution in [3.05, 3.63) is 53.9 Å². The molecule has 6 heteroatoms. The van der Waals surface area contributed by atoms with E-state index in [0.29, 0.717) is 18.5 Å². The zero-order chi connectivity index (χ0) is 17.2. The third-order valence-electron chi connectivity index (χ3n) is 5.07. The summed E-state index contributed by atoms with van der Waals surface area (Å²) >= 11 is 0. The first-order valence-electron chi connectivity index (χ1n) is 8.69. The Hall–Kier alpha value is -2.76. The predicted octanol–water partition coefficient (Wildman–Crippen LogP) is 2.23. The lowest BCUT2D eigenvalue weighted by atomic mass is 9.98. The highest BCUT2D eigenvalue weighted by atomic mass is 16.2. The molecule has 1 aromatic carbocycles. The molecule has 1 atom stereocenters. The predicted molar refractivity (Wildman–Crippen MR) is 93.3 cm³/mol. The number of likely N-dealkylation sites (tertiary alicyclic amines) is 1. The Morgan fingerprint density at radius 3 is 2.84 bits per heavy atom. The maximum atomic E-state index is 12.9. The molecule has 2 aliphatic heterocycles. The van der Waals surface area contributed by atoms with Crippen LogP contribution in [0.4, 0.5) is 5.69 Å². The number of benzene rings is 1. The first-order chi connectivity index (χ1) is 12.2. The Labute approximate surface area is 146 Å². The Bertz CT molecular complexity index is 793. The van der Waals surface area contributed by atoms with E-state index in [1.54, 1.807) is 6.07 Å². The molecule has 25 heavy (non-hydrogen) atoms. The molecule has 0 saturated carbocycles. The Morgan fingerprint density at radius 1 is 1.20 bits per heavy atom. The SMILES string of the molecule is O=C1CCCN1CCC1CN(C(=O)c2ccnnc2)c2ccccc21. The van der Waals surface area contributed by atoms with Crippen LogP contribution in [0.25, 0.3) is 0 Å². The number of nitrogens with zero attached hydrogens (tertiary/aromatic N) is 4. The second-order valence-electron chi connectivity index (χ2n) is 6.58. The molecule has 1 fully saturated rings. The number of carbonyl (C=O) groups excluding carboxylic acids is 2. The van der Waals surface area contributed by atoms with Gasteiger partial charge in [-0.2, -0.15) is 10.2 Å². The van der Waals surface area contributed by atoms with Crippen LogP contribution in [-0.2, 0) is 4.79 Å². The zero-order valence-electron chi connectivity index (χ0n) is 14.0. The molecule has 3 heterocycles. The molecule has 1 aromatic heterocycles. The van der Waals surface area contributed by atoms with Gasteiger partial charge in [0, 0.05) is 37.7 Å². The van der Waals surface area contributed by atoms with E-state index in [0.717, 1.165) is 31.6 Å².